The van der Waals surface area contributed by atoms with Crippen molar-refractivity contribution in [3.05, 3.63) is 0 Å². The summed E-state index contributed by atoms with van der Waals surface area (Å²) in [6.07, 6.45) is 1.59. The molecule has 2 aliphatic heterocycles. The number of fused-ring (bicyclic) bond motifs is 1. The lowest BCUT2D eigenvalue weighted by atomic mass is 10.1. The summed E-state index contributed by atoms with van der Waals surface area (Å²) in [5.74, 6) is -0.241. The van der Waals surface area contributed by atoms with Gasteiger partial charge in [0, 0.05) is 18.8 Å². The van der Waals surface area contributed by atoms with Crippen LogP contribution in [0.5, 0.6) is 0 Å². The highest BCUT2D eigenvalue weighted by Gasteiger charge is 2.48. The summed E-state index contributed by atoms with van der Waals surface area (Å²) in [5.41, 5.74) is 0. The number of hydrogen-bond acceptors (Lipinski definition) is 5. The minimum absolute atomic E-state index is 0.241. The van der Waals surface area contributed by atoms with E-state index in [-0.39, 0.29) is 18.0 Å². The van der Waals surface area contributed by atoms with Crippen LogP contribution < -0.4 is 5.32 Å². The number of amidine groups is 1. The number of urea groups is 1. The van der Waals surface area contributed by atoms with Crippen LogP contribution >= 0.6 is 11.8 Å². The molecule has 1 saturated heterocycles. The first kappa shape index (κ1) is 15.2. The smallest absolute Gasteiger partial charge is 0.325 e. The van der Waals surface area contributed by atoms with E-state index in [1.807, 2.05) is 4.90 Å². The van der Waals surface area contributed by atoms with E-state index in [2.05, 4.69) is 31.1 Å². The Morgan fingerprint density at radius 1 is 1.40 bits per heavy atom. The molecule has 0 bridgehead atoms. The van der Waals surface area contributed by atoms with Crippen LogP contribution in [0.15, 0.2) is 4.99 Å². The number of rotatable bonds is 4. The lowest BCUT2D eigenvalue weighted by molar-refractivity contribution is -0.127. The van der Waals surface area contributed by atoms with Crippen molar-refractivity contribution in [3.8, 4) is 0 Å². The second-order valence-electron chi connectivity index (χ2n) is 5.21. The maximum absolute atomic E-state index is 12.1. The maximum atomic E-state index is 12.1. The van der Waals surface area contributed by atoms with Crippen molar-refractivity contribution in [3.63, 3.8) is 0 Å². The number of carbonyl (C=O) groups is 2. The highest BCUT2D eigenvalue weighted by atomic mass is 32.2. The summed E-state index contributed by atoms with van der Waals surface area (Å²) in [7, 11) is 1.68. The van der Waals surface area contributed by atoms with Gasteiger partial charge in [0.1, 0.15) is 0 Å². The molecule has 7 heteroatoms. The number of hydrogen-bond donors (Lipinski definition) is 1. The van der Waals surface area contributed by atoms with Crippen molar-refractivity contribution < 1.29 is 9.59 Å². The third-order valence-electron chi connectivity index (χ3n) is 3.67. The van der Waals surface area contributed by atoms with E-state index < -0.39 is 6.17 Å². The Hall–Kier alpha value is -1.24. The van der Waals surface area contributed by atoms with E-state index in [0.29, 0.717) is 5.25 Å². The van der Waals surface area contributed by atoms with Crippen molar-refractivity contribution in [2.24, 2.45) is 4.99 Å². The standard InChI is InChI=1S/C13H22N4O2S/c1-5-7-17-9-10(14-13(17)20-8(3)6-2)16(4)12(19)15-11(9)18/h8-10H,5-7H2,1-4H3,(H,15,18,19). The first-order chi connectivity index (χ1) is 9.49. The van der Waals surface area contributed by atoms with E-state index in [9.17, 15) is 9.59 Å². The van der Waals surface area contributed by atoms with E-state index in [1.54, 1.807) is 18.8 Å². The maximum Gasteiger partial charge on any atom is 0.325 e. The van der Waals surface area contributed by atoms with Crippen molar-refractivity contribution in [2.75, 3.05) is 13.6 Å². The molecule has 0 aromatic heterocycles. The van der Waals surface area contributed by atoms with E-state index in [4.69, 9.17) is 0 Å². The van der Waals surface area contributed by atoms with Gasteiger partial charge in [-0.1, -0.05) is 32.5 Å². The molecule has 0 saturated carbocycles. The molecule has 1 N–H and O–H groups in total. The molecule has 112 valence electrons. The average Bonchev–Trinajstić information content (AvgIpc) is 2.76. The highest BCUT2D eigenvalue weighted by Crippen LogP contribution is 2.30. The van der Waals surface area contributed by atoms with Gasteiger partial charge in [0.25, 0.3) is 5.91 Å². The second kappa shape index (κ2) is 6.03. The van der Waals surface area contributed by atoms with Crippen molar-refractivity contribution in [2.45, 2.75) is 51.1 Å². The lowest BCUT2D eigenvalue weighted by Gasteiger charge is -2.36. The van der Waals surface area contributed by atoms with Gasteiger partial charge in [-0.3, -0.25) is 10.1 Å². The number of carbonyl (C=O) groups excluding carboxylic acids is 2. The molecule has 3 unspecified atom stereocenters. The van der Waals surface area contributed by atoms with Crippen molar-refractivity contribution >= 4 is 28.9 Å². The van der Waals surface area contributed by atoms with Gasteiger partial charge in [-0.05, 0) is 12.8 Å². The summed E-state index contributed by atoms with van der Waals surface area (Å²) in [6.45, 7) is 7.13. The molecule has 3 amide bonds. The number of aliphatic imine (C=N–C) groups is 1. The van der Waals surface area contributed by atoms with Gasteiger partial charge in [-0.25, -0.2) is 9.79 Å². The Morgan fingerprint density at radius 2 is 2.10 bits per heavy atom. The summed E-state index contributed by atoms with van der Waals surface area (Å²) in [6, 6.07) is -0.754. The lowest BCUT2D eigenvalue weighted by Crippen LogP contribution is -2.63. The van der Waals surface area contributed by atoms with Gasteiger partial charge in [-0.15, -0.1) is 0 Å². The number of imide groups is 1. The summed E-state index contributed by atoms with van der Waals surface area (Å²) in [4.78, 5) is 32.0. The van der Waals surface area contributed by atoms with Crippen LogP contribution in [0.25, 0.3) is 0 Å². The molecule has 2 rings (SSSR count). The molecular formula is C13H22N4O2S. The third-order valence-corrected chi connectivity index (χ3v) is 4.95. The summed E-state index contributed by atoms with van der Waals surface area (Å²) < 4.78 is 0. The van der Waals surface area contributed by atoms with E-state index in [0.717, 1.165) is 24.6 Å². The highest BCUT2D eigenvalue weighted by molar-refractivity contribution is 8.14. The summed E-state index contributed by atoms with van der Waals surface area (Å²) in [5, 5.41) is 3.72. The van der Waals surface area contributed by atoms with Crippen LogP contribution in [0.3, 0.4) is 0 Å². The third kappa shape index (κ3) is 2.63. The molecular weight excluding hydrogens is 276 g/mol. The second-order valence-corrected chi connectivity index (χ2v) is 6.61. The first-order valence-corrected chi connectivity index (χ1v) is 7.96. The normalized spacial score (nSPS) is 27.3. The van der Waals surface area contributed by atoms with Crippen molar-refractivity contribution in [1.82, 2.24) is 15.1 Å². The number of likely N-dealkylation sites (N-methyl/N-ethyl adjacent to an activating group) is 1. The molecule has 1 fully saturated rings. The minimum atomic E-state index is -0.394. The van der Waals surface area contributed by atoms with E-state index >= 15 is 0 Å². The zero-order chi connectivity index (χ0) is 14.9. The van der Waals surface area contributed by atoms with Crippen LogP contribution in [-0.2, 0) is 4.79 Å². The van der Waals surface area contributed by atoms with Gasteiger partial charge >= 0.3 is 6.03 Å². The van der Waals surface area contributed by atoms with Crippen LogP contribution in [0.2, 0.25) is 0 Å². The van der Waals surface area contributed by atoms with Gasteiger partial charge in [0.2, 0.25) is 0 Å². The van der Waals surface area contributed by atoms with Crippen LogP contribution in [0.4, 0.5) is 4.79 Å². The molecule has 0 aliphatic carbocycles. The van der Waals surface area contributed by atoms with Gasteiger partial charge in [-0.2, -0.15) is 0 Å². The molecule has 6 nitrogen and oxygen atoms in total. The molecule has 20 heavy (non-hydrogen) atoms. The van der Waals surface area contributed by atoms with Gasteiger partial charge < -0.3 is 9.80 Å². The SMILES string of the molecule is CCCN1C(SC(C)CC)=NC2C1C(=O)NC(=O)N2C. The number of nitrogens with zero attached hydrogens (tertiary/aromatic N) is 3. The predicted octanol–water partition coefficient (Wildman–Crippen LogP) is 1.48. The quantitative estimate of drug-likeness (QED) is 0.854. The Morgan fingerprint density at radius 3 is 2.70 bits per heavy atom. The zero-order valence-corrected chi connectivity index (χ0v) is 13.2. The van der Waals surface area contributed by atoms with Gasteiger partial charge in [0.15, 0.2) is 17.4 Å². The molecule has 2 aliphatic rings. The van der Waals surface area contributed by atoms with E-state index in [1.165, 1.54) is 4.90 Å². The Kier molecular flexibility index (Phi) is 4.57. The fourth-order valence-corrected chi connectivity index (χ4v) is 3.37. The van der Waals surface area contributed by atoms with Gasteiger partial charge in [0.05, 0.1) is 0 Å². The van der Waals surface area contributed by atoms with Crippen LogP contribution in [0, 0.1) is 0 Å². The molecule has 0 aromatic rings. The monoisotopic (exact) mass is 298 g/mol. The molecule has 3 atom stereocenters. The molecule has 0 aromatic carbocycles. The number of amides is 3. The fraction of sp³-hybridized carbons (Fsp3) is 0.769. The largest absolute Gasteiger partial charge is 0.336 e. The minimum Gasteiger partial charge on any atom is -0.336 e. The average molecular weight is 298 g/mol. The Bertz CT molecular complexity index is 440. The molecule has 0 radical (unpaired) electrons. The molecule has 2 heterocycles. The number of thioether (sulfide) groups is 1. The summed E-state index contributed by atoms with van der Waals surface area (Å²) >= 11 is 1.68. The first-order valence-electron chi connectivity index (χ1n) is 7.08. The number of nitrogens with one attached hydrogen (secondary N) is 1. The van der Waals surface area contributed by atoms with Crippen LogP contribution in [-0.4, -0.2) is 58.0 Å². The topological polar surface area (TPSA) is 65.0 Å². The van der Waals surface area contributed by atoms with Crippen LogP contribution in [0.1, 0.15) is 33.6 Å². The van der Waals surface area contributed by atoms with Crippen molar-refractivity contribution in [1.29, 1.82) is 0 Å². The fourth-order valence-electron chi connectivity index (χ4n) is 2.34. The predicted molar refractivity (Wildman–Crippen MR) is 80.7 cm³/mol. The zero-order valence-electron chi connectivity index (χ0n) is 12.4. The Labute approximate surface area is 124 Å². The Balaban J connectivity index is 2.26. The molecule has 0 spiro atoms.